The summed E-state index contributed by atoms with van der Waals surface area (Å²) < 4.78 is 27.8. The van der Waals surface area contributed by atoms with Crippen molar-refractivity contribution in [2.24, 2.45) is 0 Å². The molecule has 0 aliphatic rings. The van der Waals surface area contributed by atoms with Gasteiger partial charge in [0.25, 0.3) is 10.1 Å². The zero-order chi connectivity index (χ0) is 12.2. The van der Waals surface area contributed by atoms with Gasteiger partial charge in [0.15, 0.2) is 0 Å². The maximum Gasteiger partial charge on any atom is 0.296 e. The molecule has 90 valence electrons. The Morgan fingerprint density at radius 3 is 2.19 bits per heavy atom. The van der Waals surface area contributed by atoms with E-state index in [1.54, 1.807) is 19.1 Å². The summed E-state index contributed by atoms with van der Waals surface area (Å²) in [4.78, 5) is 0.224. The van der Waals surface area contributed by atoms with E-state index in [9.17, 15) is 8.42 Å². The second-order valence-electron chi connectivity index (χ2n) is 3.74. The highest BCUT2D eigenvalue weighted by molar-refractivity contribution is 7.86. The van der Waals surface area contributed by atoms with E-state index in [1.807, 2.05) is 12.1 Å². The van der Waals surface area contributed by atoms with Crippen molar-refractivity contribution in [2.75, 3.05) is 6.61 Å². The summed E-state index contributed by atoms with van der Waals surface area (Å²) in [7, 11) is -3.56. The van der Waals surface area contributed by atoms with Crippen LogP contribution in [0.25, 0.3) is 0 Å². The first-order chi connectivity index (χ1) is 7.51. The van der Waals surface area contributed by atoms with Gasteiger partial charge in [-0.2, -0.15) is 8.42 Å². The predicted octanol–water partition coefficient (Wildman–Crippen LogP) is 2.93. The quantitative estimate of drug-likeness (QED) is 0.746. The van der Waals surface area contributed by atoms with Crippen molar-refractivity contribution in [1.82, 2.24) is 0 Å². The highest BCUT2D eigenvalue weighted by Gasteiger charge is 2.14. The van der Waals surface area contributed by atoms with Crippen LogP contribution in [0.3, 0.4) is 0 Å². The van der Waals surface area contributed by atoms with E-state index < -0.39 is 10.1 Å². The topological polar surface area (TPSA) is 43.4 Å². The molecular formula is C12H18O3S. The molecule has 0 aliphatic carbocycles. The van der Waals surface area contributed by atoms with Crippen LogP contribution >= 0.6 is 0 Å². The molecule has 0 amide bonds. The number of hydrogen-bond acceptors (Lipinski definition) is 3. The average molecular weight is 242 g/mol. The van der Waals surface area contributed by atoms with E-state index in [-0.39, 0.29) is 11.5 Å². The SMILES string of the molecule is CCOS(=O)(=O)c1ccc(C(C)CC)cc1. The molecule has 0 spiro atoms. The van der Waals surface area contributed by atoms with Crippen molar-refractivity contribution in [2.45, 2.75) is 38.0 Å². The van der Waals surface area contributed by atoms with Crippen LogP contribution in [-0.4, -0.2) is 15.0 Å². The van der Waals surface area contributed by atoms with E-state index in [0.29, 0.717) is 5.92 Å². The molecule has 3 nitrogen and oxygen atoms in total. The summed E-state index contributed by atoms with van der Waals surface area (Å²) in [6.07, 6.45) is 1.04. The lowest BCUT2D eigenvalue weighted by atomic mass is 9.99. The van der Waals surface area contributed by atoms with Crippen molar-refractivity contribution in [3.8, 4) is 0 Å². The molecule has 1 aromatic carbocycles. The number of rotatable bonds is 5. The largest absolute Gasteiger partial charge is 0.296 e. The van der Waals surface area contributed by atoms with Gasteiger partial charge in [-0.25, -0.2) is 0 Å². The van der Waals surface area contributed by atoms with Gasteiger partial charge in [0.2, 0.25) is 0 Å². The highest BCUT2D eigenvalue weighted by Crippen LogP contribution is 2.21. The van der Waals surface area contributed by atoms with Gasteiger partial charge in [-0.15, -0.1) is 0 Å². The maximum absolute atomic E-state index is 11.6. The van der Waals surface area contributed by atoms with Crippen LogP contribution in [0.1, 0.15) is 38.7 Å². The van der Waals surface area contributed by atoms with Crippen molar-refractivity contribution < 1.29 is 12.6 Å². The van der Waals surface area contributed by atoms with Gasteiger partial charge in [-0.05, 0) is 37.0 Å². The molecule has 1 aromatic rings. The lowest BCUT2D eigenvalue weighted by molar-refractivity contribution is 0.338. The Bertz CT molecular complexity index is 420. The monoisotopic (exact) mass is 242 g/mol. The normalized spacial score (nSPS) is 13.7. The molecule has 1 atom stereocenters. The van der Waals surface area contributed by atoms with E-state index in [4.69, 9.17) is 4.18 Å². The fourth-order valence-electron chi connectivity index (χ4n) is 1.42. The third kappa shape index (κ3) is 3.06. The molecule has 0 N–H and O–H groups in total. The van der Waals surface area contributed by atoms with Crippen LogP contribution in [0.4, 0.5) is 0 Å². The van der Waals surface area contributed by atoms with Gasteiger partial charge in [0.1, 0.15) is 0 Å². The minimum atomic E-state index is -3.56. The Hall–Kier alpha value is -0.870. The standard InChI is InChI=1S/C12H18O3S/c1-4-10(3)11-6-8-12(9-7-11)16(13,14)15-5-2/h6-10H,4-5H2,1-3H3. The molecule has 0 bridgehead atoms. The van der Waals surface area contributed by atoms with Crippen LogP contribution in [0.5, 0.6) is 0 Å². The van der Waals surface area contributed by atoms with Gasteiger partial charge in [-0.3, -0.25) is 4.18 Å². The fraction of sp³-hybridized carbons (Fsp3) is 0.500. The summed E-state index contributed by atoms with van der Waals surface area (Å²) in [6.45, 7) is 6.04. The van der Waals surface area contributed by atoms with Gasteiger partial charge in [-0.1, -0.05) is 26.0 Å². The second kappa shape index (κ2) is 5.46. The zero-order valence-electron chi connectivity index (χ0n) is 9.93. The molecule has 0 heterocycles. The minimum absolute atomic E-state index is 0.162. The van der Waals surface area contributed by atoms with Crippen molar-refractivity contribution in [3.63, 3.8) is 0 Å². The van der Waals surface area contributed by atoms with Crippen molar-refractivity contribution in [3.05, 3.63) is 29.8 Å². The summed E-state index contributed by atoms with van der Waals surface area (Å²) in [5.41, 5.74) is 1.15. The van der Waals surface area contributed by atoms with E-state index in [1.165, 1.54) is 0 Å². The predicted molar refractivity (Wildman–Crippen MR) is 64.0 cm³/mol. The van der Waals surface area contributed by atoms with Crippen LogP contribution < -0.4 is 0 Å². The van der Waals surface area contributed by atoms with Crippen LogP contribution in [0.15, 0.2) is 29.2 Å². The zero-order valence-corrected chi connectivity index (χ0v) is 10.8. The fourth-order valence-corrected chi connectivity index (χ4v) is 2.34. The molecule has 0 aromatic heterocycles. The summed E-state index contributed by atoms with van der Waals surface area (Å²) >= 11 is 0. The molecular weight excluding hydrogens is 224 g/mol. The third-order valence-corrected chi connectivity index (χ3v) is 4.02. The second-order valence-corrected chi connectivity index (χ2v) is 5.35. The Kier molecular flexibility index (Phi) is 4.50. The lowest BCUT2D eigenvalue weighted by Gasteiger charge is -2.09. The first-order valence-electron chi connectivity index (χ1n) is 5.50. The Morgan fingerprint density at radius 2 is 1.75 bits per heavy atom. The smallest absolute Gasteiger partial charge is 0.267 e. The third-order valence-electron chi connectivity index (χ3n) is 2.62. The maximum atomic E-state index is 11.6. The lowest BCUT2D eigenvalue weighted by Crippen LogP contribution is -2.06. The first kappa shape index (κ1) is 13.2. The summed E-state index contributed by atoms with van der Waals surface area (Å²) in [6, 6.07) is 6.90. The average Bonchev–Trinajstić information content (AvgIpc) is 2.28. The van der Waals surface area contributed by atoms with Crippen molar-refractivity contribution >= 4 is 10.1 Å². The van der Waals surface area contributed by atoms with Crippen LogP contribution in [0, 0.1) is 0 Å². The molecule has 1 unspecified atom stereocenters. The Morgan fingerprint density at radius 1 is 1.19 bits per heavy atom. The molecule has 0 radical (unpaired) electrons. The van der Waals surface area contributed by atoms with Gasteiger partial charge >= 0.3 is 0 Å². The number of hydrogen-bond donors (Lipinski definition) is 0. The van der Waals surface area contributed by atoms with E-state index >= 15 is 0 Å². The van der Waals surface area contributed by atoms with Gasteiger partial charge in [0.05, 0.1) is 11.5 Å². The van der Waals surface area contributed by atoms with Crippen LogP contribution in [-0.2, 0) is 14.3 Å². The van der Waals surface area contributed by atoms with Crippen LogP contribution in [0.2, 0.25) is 0 Å². The molecule has 0 saturated carbocycles. The molecule has 0 fully saturated rings. The van der Waals surface area contributed by atoms with Gasteiger partial charge < -0.3 is 0 Å². The summed E-state index contributed by atoms with van der Waals surface area (Å²) in [5.74, 6) is 0.448. The van der Waals surface area contributed by atoms with Gasteiger partial charge in [0, 0.05) is 0 Å². The first-order valence-corrected chi connectivity index (χ1v) is 6.91. The molecule has 0 aliphatic heterocycles. The van der Waals surface area contributed by atoms with E-state index in [0.717, 1.165) is 12.0 Å². The number of benzene rings is 1. The highest BCUT2D eigenvalue weighted by atomic mass is 32.2. The van der Waals surface area contributed by atoms with Crippen molar-refractivity contribution in [1.29, 1.82) is 0 Å². The minimum Gasteiger partial charge on any atom is -0.267 e. The molecule has 4 heteroatoms. The molecule has 16 heavy (non-hydrogen) atoms. The van der Waals surface area contributed by atoms with E-state index in [2.05, 4.69) is 13.8 Å². The Balaban J connectivity index is 2.95. The summed E-state index contributed by atoms with van der Waals surface area (Å²) in [5, 5.41) is 0. The molecule has 1 rings (SSSR count). The molecule has 0 saturated heterocycles. The Labute approximate surface area is 97.6 Å².